The van der Waals surface area contributed by atoms with Crippen LogP contribution in [0.3, 0.4) is 0 Å². The third kappa shape index (κ3) is 3.45. The van der Waals surface area contributed by atoms with E-state index < -0.39 is 0 Å². The molecule has 1 aromatic heterocycles. The predicted octanol–water partition coefficient (Wildman–Crippen LogP) is 2.89. The number of rotatable bonds is 5. The molecule has 18 heavy (non-hydrogen) atoms. The molecule has 0 saturated heterocycles. The second-order valence-corrected chi connectivity index (χ2v) is 4.36. The summed E-state index contributed by atoms with van der Waals surface area (Å²) in [5.74, 6) is 0.690. The van der Waals surface area contributed by atoms with Crippen LogP contribution < -0.4 is 4.74 Å². The zero-order chi connectivity index (χ0) is 12.8. The van der Waals surface area contributed by atoms with Crippen LogP contribution in [-0.4, -0.2) is 23.3 Å². The van der Waals surface area contributed by atoms with Gasteiger partial charge in [-0.2, -0.15) is 0 Å². The fraction of sp³-hybridized carbons (Fsp3) is 0.214. The SMILES string of the molecule is OCC(COc1ccc(Cl)cc1)c1ccncc1. The van der Waals surface area contributed by atoms with E-state index in [4.69, 9.17) is 16.3 Å². The van der Waals surface area contributed by atoms with Crippen LogP contribution in [0, 0.1) is 0 Å². The van der Waals surface area contributed by atoms with Crippen molar-refractivity contribution < 1.29 is 9.84 Å². The normalized spacial score (nSPS) is 12.1. The van der Waals surface area contributed by atoms with Crippen LogP contribution in [0.15, 0.2) is 48.8 Å². The Hall–Kier alpha value is -1.58. The van der Waals surface area contributed by atoms with Crippen LogP contribution in [0.2, 0.25) is 5.02 Å². The predicted molar refractivity (Wildman–Crippen MR) is 71.0 cm³/mol. The van der Waals surface area contributed by atoms with Crippen molar-refractivity contribution in [1.29, 1.82) is 0 Å². The Kier molecular flexibility index (Phi) is 4.56. The monoisotopic (exact) mass is 263 g/mol. The van der Waals surface area contributed by atoms with Crippen molar-refractivity contribution in [2.75, 3.05) is 13.2 Å². The van der Waals surface area contributed by atoms with E-state index in [1.165, 1.54) is 0 Å². The number of ether oxygens (including phenoxy) is 1. The maximum atomic E-state index is 9.38. The number of aliphatic hydroxyl groups is 1. The Bertz CT molecular complexity index is 473. The Balaban J connectivity index is 1.97. The third-order valence-corrected chi connectivity index (χ3v) is 2.91. The van der Waals surface area contributed by atoms with Crippen molar-refractivity contribution in [1.82, 2.24) is 4.98 Å². The van der Waals surface area contributed by atoms with Gasteiger partial charge in [0.05, 0.1) is 13.2 Å². The second kappa shape index (κ2) is 6.38. The molecule has 3 nitrogen and oxygen atoms in total. The average molecular weight is 264 g/mol. The van der Waals surface area contributed by atoms with Gasteiger partial charge in [-0.3, -0.25) is 4.98 Å². The average Bonchev–Trinajstić information content (AvgIpc) is 2.43. The van der Waals surface area contributed by atoms with Crippen molar-refractivity contribution in [3.8, 4) is 5.75 Å². The van der Waals surface area contributed by atoms with Gasteiger partial charge in [0.1, 0.15) is 5.75 Å². The molecule has 2 rings (SSSR count). The van der Waals surface area contributed by atoms with Crippen LogP contribution >= 0.6 is 11.6 Å². The largest absolute Gasteiger partial charge is 0.493 e. The summed E-state index contributed by atoms with van der Waals surface area (Å²) in [6.07, 6.45) is 3.42. The standard InChI is InChI=1S/C14H14ClNO2/c15-13-1-3-14(4-2-13)18-10-12(9-17)11-5-7-16-8-6-11/h1-8,12,17H,9-10H2. The fourth-order valence-electron chi connectivity index (χ4n) is 1.62. The third-order valence-electron chi connectivity index (χ3n) is 2.66. The Morgan fingerprint density at radius 2 is 1.78 bits per heavy atom. The molecule has 0 aliphatic heterocycles. The number of pyridine rings is 1. The first-order valence-electron chi connectivity index (χ1n) is 5.68. The molecule has 0 amide bonds. The van der Waals surface area contributed by atoms with E-state index >= 15 is 0 Å². The lowest BCUT2D eigenvalue weighted by molar-refractivity contribution is 0.205. The van der Waals surface area contributed by atoms with Crippen molar-refractivity contribution in [2.45, 2.75) is 5.92 Å². The van der Waals surface area contributed by atoms with Crippen LogP contribution in [-0.2, 0) is 0 Å². The molecule has 1 aromatic carbocycles. The number of hydrogen-bond acceptors (Lipinski definition) is 3. The highest BCUT2D eigenvalue weighted by atomic mass is 35.5. The molecular weight excluding hydrogens is 250 g/mol. The van der Waals surface area contributed by atoms with E-state index in [1.54, 1.807) is 24.5 Å². The van der Waals surface area contributed by atoms with Gasteiger partial charge < -0.3 is 9.84 Å². The van der Waals surface area contributed by atoms with Crippen LogP contribution in [0.4, 0.5) is 0 Å². The second-order valence-electron chi connectivity index (χ2n) is 3.92. The van der Waals surface area contributed by atoms with Gasteiger partial charge in [0.15, 0.2) is 0 Å². The summed E-state index contributed by atoms with van der Waals surface area (Å²) in [5.41, 5.74) is 1.02. The van der Waals surface area contributed by atoms with E-state index in [-0.39, 0.29) is 12.5 Å². The minimum absolute atomic E-state index is 0.0393. The summed E-state index contributed by atoms with van der Waals surface area (Å²) < 4.78 is 5.63. The molecule has 1 atom stereocenters. The Labute approximate surface area is 111 Å². The molecule has 1 unspecified atom stereocenters. The van der Waals surface area contributed by atoms with Gasteiger partial charge in [-0.15, -0.1) is 0 Å². The zero-order valence-electron chi connectivity index (χ0n) is 9.79. The number of aliphatic hydroxyl groups excluding tert-OH is 1. The Morgan fingerprint density at radius 1 is 1.11 bits per heavy atom. The summed E-state index contributed by atoms with van der Waals surface area (Å²) in [6, 6.07) is 10.9. The van der Waals surface area contributed by atoms with E-state index in [2.05, 4.69) is 4.98 Å². The summed E-state index contributed by atoms with van der Waals surface area (Å²) in [7, 11) is 0. The molecule has 1 heterocycles. The topological polar surface area (TPSA) is 42.4 Å². The van der Waals surface area contributed by atoms with Gasteiger partial charge in [-0.05, 0) is 42.0 Å². The lowest BCUT2D eigenvalue weighted by Gasteiger charge is -2.15. The van der Waals surface area contributed by atoms with Gasteiger partial charge in [0, 0.05) is 23.3 Å². The number of hydrogen-bond donors (Lipinski definition) is 1. The minimum Gasteiger partial charge on any atom is -0.493 e. The number of aromatic nitrogens is 1. The number of halogens is 1. The van der Waals surface area contributed by atoms with Gasteiger partial charge in [-0.25, -0.2) is 0 Å². The smallest absolute Gasteiger partial charge is 0.119 e. The van der Waals surface area contributed by atoms with Gasteiger partial charge in [-0.1, -0.05) is 11.6 Å². The van der Waals surface area contributed by atoms with Gasteiger partial charge in [0.25, 0.3) is 0 Å². The van der Waals surface area contributed by atoms with Gasteiger partial charge >= 0.3 is 0 Å². The van der Waals surface area contributed by atoms with E-state index in [0.29, 0.717) is 11.6 Å². The van der Waals surface area contributed by atoms with Crippen LogP contribution in [0.5, 0.6) is 5.75 Å². The number of benzene rings is 1. The first-order valence-corrected chi connectivity index (χ1v) is 6.06. The minimum atomic E-state index is -0.0521. The van der Waals surface area contributed by atoms with E-state index in [0.717, 1.165) is 11.3 Å². The highest BCUT2D eigenvalue weighted by Crippen LogP contribution is 2.19. The highest BCUT2D eigenvalue weighted by Gasteiger charge is 2.11. The molecule has 1 N–H and O–H groups in total. The lowest BCUT2D eigenvalue weighted by atomic mass is 10.0. The maximum Gasteiger partial charge on any atom is 0.119 e. The lowest BCUT2D eigenvalue weighted by Crippen LogP contribution is -2.14. The molecule has 0 bridgehead atoms. The molecule has 0 aliphatic rings. The van der Waals surface area contributed by atoms with Crippen LogP contribution in [0.1, 0.15) is 11.5 Å². The molecule has 94 valence electrons. The molecule has 0 radical (unpaired) electrons. The molecule has 4 heteroatoms. The molecule has 2 aromatic rings. The van der Waals surface area contributed by atoms with Crippen molar-refractivity contribution >= 4 is 11.6 Å². The fourth-order valence-corrected chi connectivity index (χ4v) is 1.74. The molecule has 0 spiro atoms. The molecular formula is C14H14ClNO2. The van der Waals surface area contributed by atoms with Crippen molar-refractivity contribution in [2.24, 2.45) is 0 Å². The van der Waals surface area contributed by atoms with Crippen molar-refractivity contribution in [3.63, 3.8) is 0 Å². The Morgan fingerprint density at radius 3 is 2.39 bits per heavy atom. The summed E-state index contributed by atoms with van der Waals surface area (Å²) in [4.78, 5) is 3.95. The molecule has 0 fully saturated rings. The zero-order valence-corrected chi connectivity index (χ0v) is 10.5. The first-order chi connectivity index (χ1) is 8.79. The summed E-state index contributed by atoms with van der Waals surface area (Å²) in [5, 5.41) is 10.1. The van der Waals surface area contributed by atoms with Crippen LogP contribution in [0.25, 0.3) is 0 Å². The molecule has 0 aliphatic carbocycles. The molecule has 0 saturated carbocycles. The first kappa shape index (κ1) is 12.9. The van der Waals surface area contributed by atoms with E-state index in [9.17, 15) is 5.11 Å². The van der Waals surface area contributed by atoms with Gasteiger partial charge in [0.2, 0.25) is 0 Å². The summed E-state index contributed by atoms with van der Waals surface area (Å²) in [6.45, 7) is 0.458. The van der Waals surface area contributed by atoms with E-state index in [1.807, 2.05) is 24.3 Å². The van der Waals surface area contributed by atoms with Crippen molar-refractivity contribution in [3.05, 3.63) is 59.4 Å². The maximum absolute atomic E-state index is 9.38. The summed E-state index contributed by atoms with van der Waals surface area (Å²) >= 11 is 5.80. The number of nitrogens with zero attached hydrogens (tertiary/aromatic N) is 1. The quantitative estimate of drug-likeness (QED) is 0.902. The highest BCUT2D eigenvalue weighted by molar-refractivity contribution is 6.30.